The summed E-state index contributed by atoms with van der Waals surface area (Å²) in [6.07, 6.45) is 13.4. The zero-order chi connectivity index (χ0) is 60.0. The molecule has 12 nitrogen and oxygen atoms in total. The predicted molar refractivity (Wildman–Crippen MR) is 345 cm³/mol. The summed E-state index contributed by atoms with van der Waals surface area (Å²) in [5, 5.41) is 9.78. The molecule has 3 heterocycles. The van der Waals surface area contributed by atoms with Gasteiger partial charge in [-0.05, 0) is 82.9 Å². The minimum atomic E-state index is -0.150. The van der Waals surface area contributed by atoms with Gasteiger partial charge in [0.1, 0.15) is 19.6 Å². The molecule has 0 unspecified atom stereocenters. The maximum absolute atomic E-state index is 12.2. The van der Waals surface area contributed by atoms with Crippen molar-refractivity contribution in [3.8, 4) is 0 Å². The Labute approximate surface area is 517 Å². The monoisotopic (exact) mass is 1240 g/mol. The molecule has 0 radical (unpaired) electrons. The average Bonchev–Trinajstić information content (AvgIpc) is 3.58. The van der Waals surface area contributed by atoms with Crippen LogP contribution in [-0.2, 0) is 56.5 Å². The highest BCUT2D eigenvalue weighted by Gasteiger charge is 2.32. The Bertz CT molecular complexity index is 3080. The van der Waals surface area contributed by atoms with E-state index >= 15 is 0 Å². The van der Waals surface area contributed by atoms with Crippen molar-refractivity contribution >= 4 is 74.7 Å². The zero-order valence-corrected chi connectivity index (χ0v) is 52.9. The summed E-state index contributed by atoms with van der Waals surface area (Å²) in [5.74, 6) is -0.319. The van der Waals surface area contributed by atoms with Crippen LogP contribution in [0.2, 0.25) is 10.0 Å². The number of amides is 3. The Hall–Kier alpha value is -5.97. The Morgan fingerprint density at radius 2 is 0.869 bits per heavy atom. The number of halogens is 3. The molecule has 84 heavy (non-hydrogen) atoms. The highest BCUT2D eigenvalue weighted by Crippen LogP contribution is 2.27. The summed E-state index contributed by atoms with van der Waals surface area (Å²) in [6, 6.07) is 49.6. The summed E-state index contributed by atoms with van der Waals surface area (Å²) in [7, 11) is 13.8. The molecule has 9 rings (SSSR count). The lowest BCUT2D eigenvalue weighted by molar-refractivity contribution is -0.929. The Morgan fingerprint density at radius 1 is 0.476 bits per heavy atom. The Kier molecular flexibility index (Phi) is 25.4. The van der Waals surface area contributed by atoms with Crippen molar-refractivity contribution in [3.05, 3.63) is 217 Å². The Balaban J connectivity index is 0.000000182. The first-order valence-corrected chi connectivity index (χ1v) is 30.8. The van der Waals surface area contributed by atoms with Crippen molar-refractivity contribution in [1.82, 2.24) is 10.6 Å². The number of anilines is 1. The largest absolute Gasteiger partial charge is 0.381 e. The van der Waals surface area contributed by atoms with E-state index in [9.17, 15) is 14.4 Å². The van der Waals surface area contributed by atoms with Crippen LogP contribution >= 0.6 is 39.1 Å². The van der Waals surface area contributed by atoms with E-state index in [1.54, 1.807) is 24.3 Å². The SMILES string of the molecule is C[N+](C)(Cc1ccc(CNC(=O)/C=C/c2ccc(Cl)c(Cl)c2)cc1)C1CCOCC1.C[N+](C)(Cc1ccc(CNC(=O)/C=C/c2cccc(Br)c2)cc1)C1CCOCC1.C[N+](C)(Cc1ccc(NC(=O)c2ccccc2)cc1)C1CCOCC1. The van der Waals surface area contributed by atoms with Crippen LogP contribution < -0.4 is 16.0 Å². The quantitative estimate of drug-likeness (QED) is 0.0550. The number of ether oxygens (including phenoxy) is 3. The van der Waals surface area contributed by atoms with Crippen LogP contribution in [0.4, 0.5) is 5.69 Å². The second kappa shape index (κ2) is 32.5. The van der Waals surface area contributed by atoms with E-state index < -0.39 is 0 Å². The van der Waals surface area contributed by atoms with Crippen LogP contribution in [0, 0.1) is 0 Å². The first-order valence-electron chi connectivity index (χ1n) is 29.2. The number of nitrogens with zero attached hydrogens (tertiary/aromatic N) is 3. The summed E-state index contributed by atoms with van der Waals surface area (Å²) in [4.78, 5) is 36.4. The van der Waals surface area contributed by atoms with E-state index in [1.807, 2.05) is 78.9 Å². The van der Waals surface area contributed by atoms with Gasteiger partial charge < -0.3 is 43.6 Å². The van der Waals surface area contributed by atoms with Gasteiger partial charge in [0.05, 0.1) is 110 Å². The first kappa shape index (κ1) is 65.6. The first-order chi connectivity index (χ1) is 40.3. The fourth-order valence-corrected chi connectivity index (χ4v) is 11.8. The minimum absolute atomic E-state index is 0.0772. The van der Waals surface area contributed by atoms with Gasteiger partial charge in [-0.2, -0.15) is 0 Å². The lowest BCUT2D eigenvalue weighted by atomic mass is 10.0. The molecular formula is C69H86BrCl2N6O6+3. The Morgan fingerprint density at radius 3 is 1.27 bits per heavy atom. The molecule has 3 fully saturated rings. The normalized spacial score (nSPS) is 15.6. The number of benzene rings is 6. The van der Waals surface area contributed by atoms with Gasteiger partial charge >= 0.3 is 0 Å². The fourth-order valence-electron chi connectivity index (χ4n) is 11.0. The van der Waals surface area contributed by atoms with Crippen molar-refractivity contribution in [1.29, 1.82) is 0 Å². The number of carbonyl (C=O) groups is 3. The van der Waals surface area contributed by atoms with E-state index in [0.717, 1.165) is 144 Å². The zero-order valence-electron chi connectivity index (χ0n) is 49.8. The van der Waals surface area contributed by atoms with E-state index in [-0.39, 0.29) is 17.7 Å². The molecule has 0 aliphatic carbocycles. The molecule has 6 aromatic carbocycles. The van der Waals surface area contributed by atoms with Gasteiger partial charge in [-0.1, -0.05) is 136 Å². The van der Waals surface area contributed by atoms with Gasteiger partial charge in [0, 0.05) is 96.2 Å². The predicted octanol–water partition coefficient (Wildman–Crippen LogP) is 13.3. The lowest BCUT2D eigenvalue weighted by Crippen LogP contribution is -2.50. The van der Waals surface area contributed by atoms with E-state index in [1.165, 1.54) is 22.8 Å². The summed E-state index contributed by atoms with van der Waals surface area (Å²) < 4.78 is 20.4. The van der Waals surface area contributed by atoms with E-state index in [4.69, 9.17) is 37.4 Å². The molecular weight excluding hydrogens is 1160 g/mol. The third kappa shape index (κ3) is 21.8. The number of hydrogen-bond donors (Lipinski definition) is 3. The van der Waals surface area contributed by atoms with Crippen LogP contribution in [0.5, 0.6) is 0 Å². The van der Waals surface area contributed by atoms with Crippen molar-refractivity contribution in [3.63, 3.8) is 0 Å². The average molecular weight is 1250 g/mol. The number of hydrogen-bond acceptors (Lipinski definition) is 6. The molecule has 0 spiro atoms. The van der Waals surface area contributed by atoms with Gasteiger partial charge in [0.25, 0.3) is 5.91 Å². The molecule has 3 saturated heterocycles. The molecule has 3 aliphatic rings. The molecule has 6 aromatic rings. The van der Waals surface area contributed by atoms with Crippen molar-refractivity contribution in [2.24, 2.45) is 0 Å². The number of rotatable bonds is 19. The summed E-state index contributed by atoms with van der Waals surface area (Å²) in [5.41, 5.74) is 9.42. The van der Waals surface area contributed by atoms with Gasteiger partial charge in [0.15, 0.2) is 0 Å². The van der Waals surface area contributed by atoms with Crippen molar-refractivity contribution < 1.29 is 42.0 Å². The van der Waals surface area contributed by atoms with Gasteiger partial charge in [-0.15, -0.1) is 0 Å². The fraction of sp³-hybridized carbons (Fsp3) is 0.377. The van der Waals surface area contributed by atoms with Gasteiger partial charge in [0.2, 0.25) is 11.8 Å². The maximum Gasteiger partial charge on any atom is 0.255 e. The molecule has 3 aliphatic heterocycles. The third-order valence-electron chi connectivity index (χ3n) is 16.2. The van der Waals surface area contributed by atoms with Crippen LogP contribution in [0.1, 0.15) is 87.8 Å². The van der Waals surface area contributed by atoms with Crippen LogP contribution in [0.15, 0.2) is 162 Å². The second-order valence-electron chi connectivity index (χ2n) is 23.8. The molecule has 3 amide bonds. The molecule has 0 atom stereocenters. The van der Waals surface area contributed by atoms with Gasteiger partial charge in [-0.3, -0.25) is 14.4 Å². The smallest absolute Gasteiger partial charge is 0.255 e. The number of nitrogens with one attached hydrogen (secondary N) is 3. The maximum atomic E-state index is 12.2. The van der Waals surface area contributed by atoms with Crippen molar-refractivity contribution in [2.45, 2.75) is 89.4 Å². The molecule has 446 valence electrons. The van der Waals surface area contributed by atoms with E-state index in [2.05, 4.69) is 135 Å². The van der Waals surface area contributed by atoms with Gasteiger partial charge in [-0.25, -0.2) is 0 Å². The summed E-state index contributed by atoms with van der Waals surface area (Å²) >= 11 is 15.3. The van der Waals surface area contributed by atoms with Crippen LogP contribution in [0.25, 0.3) is 12.2 Å². The number of quaternary nitrogens is 3. The number of carbonyl (C=O) groups excluding carboxylic acids is 3. The summed E-state index contributed by atoms with van der Waals surface area (Å²) in [6.45, 7) is 9.22. The molecule has 3 N–H and O–H groups in total. The topological polar surface area (TPSA) is 115 Å². The second-order valence-corrected chi connectivity index (χ2v) is 25.6. The molecule has 15 heteroatoms. The highest BCUT2D eigenvalue weighted by atomic mass is 79.9. The third-order valence-corrected chi connectivity index (χ3v) is 17.4. The lowest BCUT2D eigenvalue weighted by Gasteiger charge is -2.40. The molecule has 0 bridgehead atoms. The van der Waals surface area contributed by atoms with Crippen LogP contribution in [-0.4, -0.2) is 131 Å². The van der Waals surface area contributed by atoms with E-state index in [0.29, 0.717) is 46.8 Å². The standard InChI is InChI=1S/C24H29BrN2O2.C24H28Cl2N2O2.C21H26N2O2/c1-27(2,23-12-14-29-15-13-23)18-21-8-6-20(7-9-21)17-26-24(28)11-10-19-4-3-5-22(25)16-19;1-28(2,21-11-13-30-14-12-21)17-20-5-3-19(4-6-20)16-27-24(29)10-8-18-7-9-22(25)23(26)15-18;1-23(2,20-12-14-25-15-13-20)16-17-8-10-19(11-9-17)22-21(24)18-6-4-3-5-7-18/h3-11,16,23H,12-15,17-18H2,1-2H3;3-10,15,21H,11-14,16-17H2,1-2H3;3-11,20H,12-16H2,1-2H3/p+3/b11-10+;10-8+;. The van der Waals surface area contributed by atoms with Crippen LogP contribution in [0.3, 0.4) is 0 Å². The minimum Gasteiger partial charge on any atom is -0.381 e. The highest BCUT2D eigenvalue weighted by molar-refractivity contribution is 9.10. The van der Waals surface area contributed by atoms with Crippen molar-refractivity contribution in [2.75, 3.05) is 87.2 Å². The molecule has 0 saturated carbocycles. The molecule has 0 aromatic heterocycles.